The fourth-order valence-corrected chi connectivity index (χ4v) is 3.93. The van der Waals surface area contributed by atoms with Gasteiger partial charge in [-0.3, -0.25) is 4.79 Å². The molecule has 0 saturated heterocycles. The third-order valence-electron chi connectivity index (χ3n) is 5.49. The van der Waals surface area contributed by atoms with E-state index in [-0.39, 0.29) is 11.4 Å². The summed E-state index contributed by atoms with van der Waals surface area (Å²) in [6, 6.07) is 11.4. The fraction of sp³-hybridized carbons (Fsp3) is 0.483. The van der Waals surface area contributed by atoms with Gasteiger partial charge >= 0.3 is 5.97 Å². The predicted molar refractivity (Wildman–Crippen MR) is 136 cm³/mol. The van der Waals surface area contributed by atoms with Crippen LogP contribution in [-0.2, 0) is 17.6 Å². The molecule has 0 radical (unpaired) electrons. The Morgan fingerprint density at radius 1 is 0.971 bits per heavy atom. The normalized spacial score (nSPS) is 11.6. The van der Waals surface area contributed by atoms with Crippen LogP contribution in [-0.4, -0.2) is 19.2 Å². The van der Waals surface area contributed by atoms with E-state index in [1.165, 1.54) is 10.9 Å². The SMILES string of the molecule is CCCc1c(OCCCCOc2cccc(OC(=O)CC)c2)ccc2c(CC(C)(C)C)coc12. The number of carbonyl (C=O) groups excluding carboxylic acids is 1. The molecule has 0 spiro atoms. The van der Waals surface area contributed by atoms with Crippen molar-refractivity contribution >= 4 is 16.9 Å². The molecule has 0 atom stereocenters. The Morgan fingerprint density at radius 2 is 1.71 bits per heavy atom. The van der Waals surface area contributed by atoms with Gasteiger partial charge in [-0.05, 0) is 60.9 Å². The first kappa shape index (κ1) is 25.7. The molecule has 0 bridgehead atoms. The number of hydrogen-bond acceptors (Lipinski definition) is 5. The van der Waals surface area contributed by atoms with Crippen molar-refractivity contribution in [3.63, 3.8) is 0 Å². The number of esters is 1. The quantitative estimate of drug-likeness (QED) is 0.157. The van der Waals surface area contributed by atoms with Crippen molar-refractivity contribution in [3.8, 4) is 17.2 Å². The molecule has 0 fully saturated rings. The molecule has 1 heterocycles. The Hall–Kier alpha value is -2.95. The smallest absolute Gasteiger partial charge is 0.310 e. The van der Waals surface area contributed by atoms with Gasteiger partial charge in [0, 0.05) is 23.4 Å². The molecule has 34 heavy (non-hydrogen) atoms. The van der Waals surface area contributed by atoms with E-state index in [1.807, 2.05) is 18.4 Å². The van der Waals surface area contributed by atoms with Crippen molar-refractivity contribution in [2.75, 3.05) is 13.2 Å². The van der Waals surface area contributed by atoms with Crippen LogP contribution in [0.3, 0.4) is 0 Å². The van der Waals surface area contributed by atoms with Crippen LogP contribution in [0.2, 0.25) is 0 Å². The number of hydrogen-bond donors (Lipinski definition) is 0. The lowest BCUT2D eigenvalue weighted by atomic mass is 9.88. The van der Waals surface area contributed by atoms with Crippen molar-refractivity contribution in [2.24, 2.45) is 5.41 Å². The van der Waals surface area contributed by atoms with Crippen LogP contribution in [0.4, 0.5) is 0 Å². The zero-order valence-electron chi connectivity index (χ0n) is 21.2. The molecule has 0 N–H and O–H groups in total. The molecule has 3 rings (SSSR count). The van der Waals surface area contributed by atoms with Crippen LogP contribution in [0.25, 0.3) is 11.0 Å². The van der Waals surface area contributed by atoms with E-state index in [0.29, 0.717) is 31.1 Å². The maximum Gasteiger partial charge on any atom is 0.310 e. The van der Waals surface area contributed by atoms with Crippen LogP contribution >= 0.6 is 0 Å². The summed E-state index contributed by atoms with van der Waals surface area (Å²) in [6.45, 7) is 11.9. The molecule has 0 aliphatic carbocycles. The maximum atomic E-state index is 11.5. The lowest BCUT2D eigenvalue weighted by molar-refractivity contribution is -0.134. The summed E-state index contributed by atoms with van der Waals surface area (Å²) >= 11 is 0. The van der Waals surface area contributed by atoms with Gasteiger partial charge < -0.3 is 18.6 Å². The van der Waals surface area contributed by atoms with Crippen molar-refractivity contribution in [1.82, 2.24) is 0 Å². The van der Waals surface area contributed by atoms with Crippen LogP contribution in [0, 0.1) is 5.41 Å². The molecule has 0 aliphatic rings. The lowest BCUT2D eigenvalue weighted by Gasteiger charge is -2.17. The number of rotatable bonds is 12. The van der Waals surface area contributed by atoms with Gasteiger partial charge in [-0.2, -0.15) is 0 Å². The average molecular weight is 467 g/mol. The Bertz CT molecular complexity index is 1070. The van der Waals surface area contributed by atoms with Crippen LogP contribution < -0.4 is 14.2 Å². The standard InChI is InChI=1S/C29H38O5/c1-6-11-25-26(15-14-24-21(19-29(3,4)5)20-33-28(24)25)32-17-9-8-16-31-22-12-10-13-23(18-22)34-27(30)7-2/h10,12-15,18,20H,6-9,11,16-17,19H2,1-5H3. The van der Waals surface area contributed by atoms with E-state index in [2.05, 4.69) is 39.8 Å². The lowest BCUT2D eigenvalue weighted by Crippen LogP contribution is -2.08. The Kier molecular flexibility index (Phi) is 9.03. The summed E-state index contributed by atoms with van der Waals surface area (Å²) < 4.78 is 23.2. The first-order chi connectivity index (χ1) is 16.3. The Labute approximate surface area is 203 Å². The topological polar surface area (TPSA) is 57.9 Å². The van der Waals surface area contributed by atoms with Gasteiger partial charge in [-0.1, -0.05) is 47.1 Å². The summed E-state index contributed by atoms with van der Waals surface area (Å²) in [4.78, 5) is 11.5. The van der Waals surface area contributed by atoms with Gasteiger partial charge in [0.25, 0.3) is 0 Å². The second kappa shape index (κ2) is 12.0. The van der Waals surface area contributed by atoms with Crippen LogP contribution in [0.15, 0.2) is 47.1 Å². The predicted octanol–water partition coefficient (Wildman–Crippen LogP) is 7.53. The highest BCUT2D eigenvalue weighted by molar-refractivity contribution is 5.86. The average Bonchev–Trinajstić information content (AvgIpc) is 3.19. The summed E-state index contributed by atoms with van der Waals surface area (Å²) in [5.74, 6) is 1.87. The summed E-state index contributed by atoms with van der Waals surface area (Å²) in [6.07, 6.45) is 6.94. The molecule has 0 saturated carbocycles. The number of benzene rings is 2. The second-order valence-corrected chi connectivity index (χ2v) is 9.87. The summed E-state index contributed by atoms with van der Waals surface area (Å²) in [7, 11) is 0. The fourth-order valence-electron chi connectivity index (χ4n) is 3.93. The first-order valence-electron chi connectivity index (χ1n) is 12.4. The molecule has 1 aromatic heterocycles. The minimum Gasteiger partial charge on any atom is -0.493 e. The van der Waals surface area contributed by atoms with E-state index < -0.39 is 0 Å². The molecule has 184 valence electrons. The van der Waals surface area contributed by atoms with E-state index in [9.17, 15) is 4.79 Å². The van der Waals surface area contributed by atoms with E-state index in [4.69, 9.17) is 18.6 Å². The molecule has 5 nitrogen and oxygen atoms in total. The molecule has 5 heteroatoms. The zero-order chi connectivity index (χ0) is 24.6. The number of carbonyl (C=O) groups is 1. The largest absolute Gasteiger partial charge is 0.493 e. The minimum absolute atomic E-state index is 0.209. The van der Waals surface area contributed by atoms with Crippen molar-refractivity contribution in [1.29, 1.82) is 0 Å². The van der Waals surface area contributed by atoms with Gasteiger partial charge in [0.05, 0.1) is 19.5 Å². The van der Waals surface area contributed by atoms with Gasteiger partial charge in [-0.15, -0.1) is 0 Å². The van der Waals surface area contributed by atoms with Gasteiger partial charge in [0.15, 0.2) is 0 Å². The maximum absolute atomic E-state index is 11.5. The zero-order valence-corrected chi connectivity index (χ0v) is 21.2. The third-order valence-corrected chi connectivity index (χ3v) is 5.49. The summed E-state index contributed by atoms with van der Waals surface area (Å²) in [5.41, 5.74) is 3.60. The highest BCUT2D eigenvalue weighted by Crippen LogP contribution is 2.35. The molecule has 0 amide bonds. The molecule has 0 unspecified atom stereocenters. The number of aryl methyl sites for hydroxylation is 1. The van der Waals surface area contributed by atoms with Crippen LogP contribution in [0.1, 0.15) is 71.4 Å². The van der Waals surface area contributed by atoms with Crippen LogP contribution in [0.5, 0.6) is 17.2 Å². The Balaban J connectivity index is 1.52. The number of fused-ring (bicyclic) bond motifs is 1. The van der Waals surface area contributed by atoms with Gasteiger partial charge in [0.2, 0.25) is 0 Å². The van der Waals surface area contributed by atoms with E-state index in [0.717, 1.165) is 49.0 Å². The minimum atomic E-state index is -0.255. The molecule has 0 aliphatic heterocycles. The van der Waals surface area contributed by atoms with E-state index in [1.54, 1.807) is 19.1 Å². The van der Waals surface area contributed by atoms with Gasteiger partial charge in [-0.25, -0.2) is 0 Å². The number of furan rings is 1. The number of unbranched alkanes of at least 4 members (excludes halogenated alkanes) is 1. The first-order valence-corrected chi connectivity index (χ1v) is 12.4. The monoisotopic (exact) mass is 466 g/mol. The van der Waals surface area contributed by atoms with Crippen molar-refractivity contribution in [3.05, 3.63) is 53.8 Å². The molecular weight excluding hydrogens is 428 g/mol. The highest BCUT2D eigenvalue weighted by Gasteiger charge is 2.19. The molecule has 2 aromatic carbocycles. The molecular formula is C29H38O5. The van der Waals surface area contributed by atoms with Crippen molar-refractivity contribution < 1.29 is 23.4 Å². The van der Waals surface area contributed by atoms with Crippen molar-refractivity contribution in [2.45, 2.75) is 73.1 Å². The second-order valence-electron chi connectivity index (χ2n) is 9.87. The third kappa shape index (κ3) is 7.28. The van der Waals surface area contributed by atoms with E-state index >= 15 is 0 Å². The van der Waals surface area contributed by atoms with Gasteiger partial charge in [0.1, 0.15) is 22.8 Å². The Morgan fingerprint density at radius 3 is 2.41 bits per heavy atom. The highest BCUT2D eigenvalue weighted by atomic mass is 16.5. The number of ether oxygens (including phenoxy) is 3. The summed E-state index contributed by atoms with van der Waals surface area (Å²) in [5, 5.41) is 1.20. The molecule has 3 aromatic rings.